The first-order chi connectivity index (χ1) is 11.4. The molecule has 4 nitrogen and oxygen atoms in total. The molecule has 1 aliphatic rings. The number of fused-ring (bicyclic) bond motifs is 1. The molecule has 3 rings (SSSR count). The molecule has 2 aromatic rings. The molecule has 6 heteroatoms. The van der Waals surface area contributed by atoms with Crippen LogP contribution in [0.2, 0.25) is 0 Å². The molecule has 0 fully saturated rings. The predicted molar refractivity (Wildman–Crippen MR) is 98.6 cm³/mol. The van der Waals surface area contributed by atoms with Gasteiger partial charge < -0.3 is 10.1 Å². The first-order valence-electron chi connectivity index (χ1n) is 8.01. The van der Waals surface area contributed by atoms with Crippen molar-refractivity contribution in [3.63, 3.8) is 0 Å². The van der Waals surface area contributed by atoms with Crippen LogP contribution in [0.15, 0.2) is 5.38 Å². The molecular weight excluding hydrogens is 342 g/mol. The number of nitrogens with one attached hydrogen (secondary N) is 1. The van der Waals surface area contributed by atoms with E-state index >= 15 is 0 Å². The van der Waals surface area contributed by atoms with Crippen molar-refractivity contribution in [1.82, 2.24) is 0 Å². The fourth-order valence-corrected chi connectivity index (χ4v) is 5.39. The Labute approximate surface area is 149 Å². The molecule has 0 bridgehead atoms. The Morgan fingerprint density at radius 3 is 2.79 bits per heavy atom. The molecular formula is C18H21NO3S2. The van der Waals surface area contributed by atoms with Gasteiger partial charge in [-0.2, -0.15) is 0 Å². The Morgan fingerprint density at radius 1 is 1.33 bits per heavy atom. The summed E-state index contributed by atoms with van der Waals surface area (Å²) < 4.78 is 4.86. The number of esters is 1. The summed E-state index contributed by atoms with van der Waals surface area (Å²) in [5, 5.41) is 5.46. The van der Waals surface area contributed by atoms with E-state index in [2.05, 4.69) is 12.2 Å². The number of carbonyl (C=O) groups is 2. The van der Waals surface area contributed by atoms with Crippen LogP contribution in [0.5, 0.6) is 0 Å². The minimum Gasteiger partial charge on any atom is -0.465 e. The van der Waals surface area contributed by atoms with Gasteiger partial charge in [-0.25, -0.2) is 4.79 Å². The van der Waals surface area contributed by atoms with Gasteiger partial charge in [0.05, 0.1) is 18.2 Å². The fraction of sp³-hybridized carbons (Fsp3) is 0.444. The maximum atomic E-state index is 12.8. The molecule has 1 aliphatic carbocycles. The number of ether oxygens (including phenoxy) is 1. The molecule has 2 heterocycles. The van der Waals surface area contributed by atoms with Gasteiger partial charge in [0.25, 0.3) is 5.91 Å². The summed E-state index contributed by atoms with van der Waals surface area (Å²) in [6.07, 6.45) is 3.13. The number of methoxy groups -OCH3 is 1. The van der Waals surface area contributed by atoms with Gasteiger partial charge in [0.2, 0.25) is 0 Å². The van der Waals surface area contributed by atoms with E-state index in [0.29, 0.717) is 16.5 Å². The summed E-state index contributed by atoms with van der Waals surface area (Å²) in [4.78, 5) is 27.1. The molecule has 0 radical (unpaired) electrons. The Balaban J connectivity index is 1.89. The first-order valence-corrected chi connectivity index (χ1v) is 9.70. The molecule has 2 aromatic heterocycles. The normalized spacial score (nSPS) is 16.6. The van der Waals surface area contributed by atoms with Crippen LogP contribution < -0.4 is 5.32 Å². The lowest BCUT2D eigenvalue weighted by Gasteiger charge is -2.18. The molecule has 1 unspecified atom stereocenters. The fourth-order valence-electron chi connectivity index (χ4n) is 3.10. The topological polar surface area (TPSA) is 55.4 Å². The van der Waals surface area contributed by atoms with E-state index in [1.54, 1.807) is 11.3 Å². The van der Waals surface area contributed by atoms with Gasteiger partial charge in [-0.15, -0.1) is 22.7 Å². The summed E-state index contributed by atoms with van der Waals surface area (Å²) in [5.74, 6) is 0.141. The highest BCUT2D eigenvalue weighted by Gasteiger charge is 2.26. The maximum absolute atomic E-state index is 12.8. The Hall–Kier alpha value is -1.66. The number of hydrogen-bond acceptors (Lipinski definition) is 5. The second-order valence-electron chi connectivity index (χ2n) is 6.33. The predicted octanol–water partition coefficient (Wildman–Crippen LogP) is 4.59. The Bertz CT molecular complexity index is 804. The second-order valence-corrected chi connectivity index (χ2v) is 8.52. The van der Waals surface area contributed by atoms with Crippen LogP contribution in [-0.4, -0.2) is 19.0 Å². The van der Waals surface area contributed by atoms with Gasteiger partial charge in [0, 0.05) is 15.1 Å². The Kier molecular flexibility index (Phi) is 4.78. The summed E-state index contributed by atoms with van der Waals surface area (Å²) in [5.41, 5.74) is 3.26. The molecule has 0 aromatic carbocycles. The van der Waals surface area contributed by atoms with E-state index in [1.165, 1.54) is 28.9 Å². The van der Waals surface area contributed by atoms with E-state index < -0.39 is 5.97 Å². The van der Waals surface area contributed by atoms with Crippen molar-refractivity contribution in [2.24, 2.45) is 5.92 Å². The van der Waals surface area contributed by atoms with Gasteiger partial charge in [0.1, 0.15) is 5.00 Å². The molecule has 0 spiro atoms. The molecule has 1 amide bonds. The average molecular weight is 364 g/mol. The quantitative estimate of drug-likeness (QED) is 0.812. The number of rotatable bonds is 3. The minimum absolute atomic E-state index is 0.131. The number of carbonyl (C=O) groups excluding carboxylic acids is 2. The van der Waals surface area contributed by atoms with Crippen molar-refractivity contribution in [3.05, 3.63) is 37.4 Å². The van der Waals surface area contributed by atoms with E-state index in [-0.39, 0.29) is 5.91 Å². The highest BCUT2D eigenvalue weighted by atomic mass is 32.1. The highest BCUT2D eigenvalue weighted by Crippen LogP contribution is 2.36. The van der Waals surface area contributed by atoms with Crippen molar-refractivity contribution < 1.29 is 14.3 Å². The molecule has 24 heavy (non-hydrogen) atoms. The lowest BCUT2D eigenvalue weighted by Crippen LogP contribution is -2.17. The van der Waals surface area contributed by atoms with Crippen LogP contribution in [0.1, 0.15) is 54.9 Å². The third kappa shape index (κ3) is 3.00. The van der Waals surface area contributed by atoms with Gasteiger partial charge in [-0.1, -0.05) is 6.92 Å². The zero-order valence-electron chi connectivity index (χ0n) is 14.3. The van der Waals surface area contributed by atoms with Crippen LogP contribution in [-0.2, 0) is 17.6 Å². The first kappa shape index (κ1) is 17.2. The molecule has 0 aliphatic heterocycles. The van der Waals surface area contributed by atoms with E-state index in [1.807, 2.05) is 19.2 Å². The minimum atomic E-state index is -0.409. The molecule has 1 atom stereocenters. The smallest absolute Gasteiger partial charge is 0.341 e. The average Bonchev–Trinajstić information content (AvgIpc) is 3.08. The van der Waals surface area contributed by atoms with E-state index in [4.69, 9.17) is 4.74 Å². The van der Waals surface area contributed by atoms with Gasteiger partial charge >= 0.3 is 5.97 Å². The van der Waals surface area contributed by atoms with Crippen molar-refractivity contribution in [2.75, 3.05) is 12.4 Å². The summed E-state index contributed by atoms with van der Waals surface area (Å²) >= 11 is 3.09. The number of aryl methyl sites for hydroxylation is 1. The van der Waals surface area contributed by atoms with Crippen molar-refractivity contribution in [3.8, 4) is 0 Å². The van der Waals surface area contributed by atoms with E-state index in [0.717, 1.165) is 35.3 Å². The monoisotopic (exact) mass is 363 g/mol. The van der Waals surface area contributed by atoms with Crippen LogP contribution in [0.4, 0.5) is 5.00 Å². The van der Waals surface area contributed by atoms with Crippen molar-refractivity contribution >= 4 is 39.6 Å². The molecule has 1 N–H and O–H groups in total. The van der Waals surface area contributed by atoms with Crippen LogP contribution in [0.25, 0.3) is 0 Å². The Morgan fingerprint density at radius 2 is 2.08 bits per heavy atom. The lowest BCUT2D eigenvalue weighted by atomic mass is 9.88. The maximum Gasteiger partial charge on any atom is 0.341 e. The number of anilines is 1. The standard InChI is InChI=1S/C18H21NO3S2/c1-9-5-6-12-13(8-23-14(12)7-9)16(20)19-17-15(18(21)22-4)10(2)11(3)24-17/h8-9H,5-7H2,1-4H3,(H,19,20). The number of hydrogen-bond donors (Lipinski definition) is 1. The van der Waals surface area contributed by atoms with Crippen molar-refractivity contribution in [2.45, 2.75) is 40.0 Å². The molecule has 128 valence electrons. The summed E-state index contributed by atoms with van der Waals surface area (Å²) in [7, 11) is 1.36. The zero-order chi connectivity index (χ0) is 17.4. The summed E-state index contributed by atoms with van der Waals surface area (Å²) in [6.45, 7) is 6.07. The van der Waals surface area contributed by atoms with Crippen LogP contribution >= 0.6 is 22.7 Å². The number of thiophene rings is 2. The van der Waals surface area contributed by atoms with Gasteiger partial charge in [-0.3, -0.25) is 4.79 Å². The molecule has 0 saturated heterocycles. The SMILES string of the molecule is COC(=O)c1c(NC(=O)c2csc3c2CCC(C)C3)sc(C)c1C. The highest BCUT2D eigenvalue weighted by molar-refractivity contribution is 7.17. The number of amides is 1. The van der Waals surface area contributed by atoms with Crippen molar-refractivity contribution in [1.29, 1.82) is 0 Å². The van der Waals surface area contributed by atoms with Gasteiger partial charge in [0.15, 0.2) is 0 Å². The van der Waals surface area contributed by atoms with Crippen LogP contribution in [0, 0.1) is 19.8 Å². The second kappa shape index (κ2) is 6.69. The third-order valence-electron chi connectivity index (χ3n) is 4.65. The largest absolute Gasteiger partial charge is 0.465 e. The summed E-state index contributed by atoms with van der Waals surface area (Å²) in [6, 6.07) is 0. The van der Waals surface area contributed by atoms with Gasteiger partial charge in [-0.05, 0) is 50.2 Å². The van der Waals surface area contributed by atoms with E-state index in [9.17, 15) is 9.59 Å². The third-order valence-corrected chi connectivity index (χ3v) is 6.82. The molecule has 0 saturated carbocycles. The lowest BCUT2D eigenvalue weighted by molar-refractivity contribution is 0.0601. The van der Waals surface area contributed by atoms with Crippen LogP contribution in [0.3, 0.4) is 0 Å². The zero-order valence-corrected chi connectivity index (χ0v) is 16.0.